The SMILES string of the molecule is O=C(/C=C/c1ccc(OC(F)(F)F)c(F)c1)NC[C@@H]1CCN(Cc2cc(Cl)cc(Cl)c2)C(=O)[C@H](CCN2CCCCC2)N1. The topological polar surface area (TPSA) is 73.9 Å². The van der Waals surface area contributed by atoms with Gasteiger partial charge in [0.1, 0.15) is 0 Å². The normalized spacial score (nSPS) is 20.3. The van der Waals surface area contributed by atoms with E-state index in [1.54, 1.807) is 23.1 Å². The number of likely N-dealkylation sites (tertiary alicyclic amines) is 1. The molecule has 2 N–H and O–H groups in total. The van der Waals surface area contributed by atoms with Gasteiger partial charge in [-0.05, 0) is 86.3 Å². The van der Waals surface area contributed by atoms with Crippen LogP contribution >= 0.6 is 23.2 Å². The summed E-state index contributed by atoms with van der Waals surface area (Å²) in [5.41, 5.74) is 1.02. The largest absolute Gasteiger partial charge is 0.573 e. The molecule has 0 bridgehead atoms. The highest BCUT2D eigenvalue weighted by molar-refractivity contribution is 6.34. The summed E-state index contributed by atoms with van der Waals surface area (Å²) < 4.78 is 54.7. The molecule has 0 spiro atoms. The Hall–Kier alpha value is -2.86. The van der Waals surface area contributed by atoms with Crippen molar-refractivity contribution in [2.24, 2.45) is 0 Å². The second-order valence-electron chi connectivity index (χ2n) is 10.7. The van der Waals surface area contributed by atoms with Crippen LogP contribution in [-0.4, -0.2) is 72.8 Å². The Morgan fingerprint density at radius 3 is 2.47 bits per heavy atom. The molecule has 2 aliphatic heterocycles. The number of hydrogen-bond acceptors (Lipinski definition) is 5. The van der Waals surface area contributed by atoms with Crippen molar-refractivity contribution >= 4 is 41.1 Å². The monoisotopic (exact) mass is 644 g/mol. The number of alkyl halides is 3. The van der Waals surface area contributed by atoms with Gasteiger partial charge in [-0.2, -0.15) is 0 Å². The fourth-order valence-electron chi connectivity index (χ4n) is 5.31. The number of benzene rings is 2. The lowest BCUT2D eigenvalue weighted by molar-refractivity contribution is -0.275. The Morgan fingerprint density at radius 1 is 1.07 bits per heavy atom. The molecule has 2 fully saturated rings. The predicted octanol–water partition coefficient (Wildman–Crippen LogP) is 5.80. The summed E-state index contributed by atoms with van der Waals surface area (Å²) in [5.74, 6) is -2.65. The quantitative estimate of drug-likeness (QED) is 0.253. The van der Waals surface area contributed by atoms with Gasteiger partial charge in [0.25, 0.3) is 0 Å². The summed E-state index contributed by atoms with van der Waals surface area (Å²) in [6.45, 7) is 3.86. The summed E-state index contributed by atoms with van der Waals surface area (Å²) in [6, 6.07) is 7.47. The van der Waals surface area contributed by atoms with E-state index in [-0.39, 0.29) is 24.1 Å². The molecule has 4 rings (SSSR count). The van der Waals surface area contributed by atoms with E-state index in [0.29, 0.717) is 36.0 Å². The molecule has 0 unspecified atom stereocenters. The Bertz CT molecular complexity index is 1280. The molecule has 2 saturated heterocycles. The van der Waals surface area contributed by atoms with Gasteiger partial charge in [0, 0.05) is 48.3 Å². The van der Waals surface area contributed by atoms with Crippen LogP contribution < -0.4 is 15.4 Å². The number of carbonyl (C=O) groups is 2. The van der Waals surface area contributed by atoms with Crippen molar-refractivity contribution in [2.45, 2.75) is 57.1 Å². The van der Waals surface area contributed by atoms with Crippen LogP contribution in [0.15, 0.2) is 42.5 Å². The Labute approximate surface area is 258 Å². The predicted molar refractivity (Wildman–Crippen MR) is 157 cm³/mol. The van der Waals surface area contributed by atoms with Crippen LogP contribution in [0.1, 0.15) is 43.2 Å². The van der Waals surface area contributed by atoms with Gasteiger partial charge in [-0.25, -0.2) is 4.39 Å². The number of nitrogens with one attached hydrogen (secondary N) is 2. The average molecular weight is 646 g/mol. The molecule has 2 atom stereocenters. The first-order valence-electron chi connectivity index (χ1n) is 14.2. The number of carbonyl (C=O) groups excluding carboxylic acids is 2. The zero-order valence-corrected chi connectivity index (χ0v) is 25.0. The van der Waals surface area contributed by atoms with E-state index in [1.807, 2.05) is 0 Å². The Balaban J connectivity index is 1.37. The minimum atomic E-state index is -5.01. The first kappa shape index (κ1) is 33.0. The van der Waals surface area contributed by atoms with E-state index in [4.69, 9.17) is 23.2 Å². The number of amides is 2. The molecule has 2 aromatic rings. The van der Waals surface area contributed by atoms with Crippen molar-refractivity contribution in [1.82, 2.24) is 20.4 Å². The molecule has 2 aliphatic rings. The number of rotatable bonds is 10. The molecule has 43 heavy (non-hydrogen) atoms. The molecule has 2 heterocycles. The highest BCUT2D eigenvalue weighted by atomic mass is 35.5. The summed E-state index contributed by atoms with van der Waals surface area (Å²) in [4.78, 5) is 30.3. The van der Waals surface area contributed by atoms with Gasteiger partial charge in [0.2, 0.25) is 11.8 Å². The van der Waals surface area contributed by atoms with Gasteiger partial charge in [-0.15, -0.1) is 13.2 Å². The van der Waals surface area contributed by atoms with Gasteiger partial charge in [0.05, 0.1) is 6.04 Å². The van der Waals surface area contributed by atoms with Crippen molar-refractivity contribution in [3.05, 3.63) is 69.5 Å². The zero-order valence-electron chi connectivity index (χ0n) is 23.4. The fraction of sp³-hybridized carbons (Fsp3) is 0.467. The molecular weight excluding hydrogens is 611 g/mol. The van der Waals surface area contributed by atoms with E-state index in [2.05, 4.69) is 20.3 Å². The third kappa shape index (κ3) is 10.7. The van der Waals surface area contributed by atoms with Crippen LogP contribution in [0.25, 0.3) is 6.08 Å². The third-order valence-electron chi connectivity index (χ3n) is 7.40. The first-order valence-corrected chi connectivity index (χ1v) is 14.9. The summed E-state index contributed by atoms with van der Waals surface area (Å²) in [7, 11) is 0. The van der Waals surface area contributed by atoms with Crippen molar-refractivity contribution in [1.29, 1.82) is 0 Å². The smallest absolute Gasteiger partial charge is 0.403 e. The second kappa shape index (κ2) is 15.2. The molecule has 0 radical (unpaired) electrons. The summed E-state index contributed by atoms with van der Waals surface area (Å²) >= 11 is 12.4. The minimum Gasteiger partial charge on any atom is -0.403 e. The molecule has 0 aromatic heterocycles. The molecule has 234 valence electrons. The van der Waals surface area contributed by atoms with Gasteiger partial charge >= 0.3 is 6.36 Å². The van der Waals surface area contributed by atoms with Gasteiger partial charge in [-0.1, -0.05) is 35.7 Å². The highest BCUT2D eigenvalue weighted by Gasteiger charge is 2.33. The Kier molecular flexibility index (Phi) is 11.7. The highest BCUT2D eigenvalue weighted by Crippen LogP contribution is 2.26. The summed E-state index contributed by atoms with van der Waals surface area (Å²) in [6.07, 6.45) is 2.16. The number of piperidine rings is 1. The molecule has 0 aliphatic carbocycles. The molecule has 2 amide bonds. The molecule has 13 heteroatoms. The van der Waals surface area contributed by atoms with Crippen LogP contribution in [0.5, 0.6) is 5.75 Å². The Morgan fingerprint density at radius 2 is 1.79 bits per heavy atom. The van der Waals surface area contributed by atoms with E-state index < -0.39 is 29.9 Å². The maximum absolute atomic E-state index is 14.0. The van der Waals surface area contributed by atoms with Crippen molar-refractivity contribution < 1.29 is 31.9 Å². The second-order valence-corrected chi connectivity index (χ2v) is 11.6. The number of nitrogens with zero attached hydrogens (tertiary/aromatic N) is 2. The van der Waals surface area contributed by atoms with Crippen molar-refractivity contribution in [2.75, 3.05) is 32.7 Å². The van der Waals surface area contributed by atoms with Crippen LogP contribution in [-0.2, 0) is 16.1 Å². The van der Waals surface area contributed by atoms with Crippen molar-refractivity contribution in [3.63, 3.8) is 0 Å². The fourth-order valence-corrected chi connectivity index (χ4v) is 5.88. The molecular formula is C30H34Cl2F4N4O3. The maximum atomic E-state index is 14.0. The van der Waals surface area contributed by atoms with Crippen LogP contribution in [0, 0.1) is 5.82 Å². The number of hydrogen-bond donors (Lipinski definition) is 2. The van der Waals surface area contributed by atoms with E-state index in [0.717, 1.165) is 50.2 Å². The molecule has 2 aromatic carbocycles. The third-order valence-corrected chi connectivity index (χ3v) is 7.84. The van der Waals surface area contributed by atoms with Gasteiger partial charge in [0.15, 0.2) is 11.6 Å². The standard InChI is InChI=1S/C30H34Cl2F4N4O3/c31-22-14-21(15-23(32)17-22)19-40-13-8-24(38-26(29(40)42)9-12-39-10-2-1-3-11-39)18-37-28(41)7-5-20-4-6-27(25(33)16-20)43-30(34,35)36/h4-7,14-17,24,26,38H,1-3,8-13,18-19H2,(H,37,41)/b7-5+/t24-,26-/m0/s1. The molecule has 0 saturated carbocycles. The lowest BCUT2D eigenvalue weighted by atomic mass is 10.1. The first-order chi connectivity index (χ1) is 20.4. The van der Waals surface area contributed by atoms with E-state index >= 15 is 0 Å². The number of halogens is 6. The minimum absolute atomic E-state index is 0.0261. The zero-order chi connectivity index (χ0) is 31.0. The lowest BCUT2D eigenvalue weighted by Gasteiger charge is -2.30. The molecule has 7 nitrogen and oxygen atoms in total. The average Bonchev–Trinajstić information content (AvgIpc) is 3.08. The van der Waals surface area contributed by atoms with E-state index in [9.17, 15) is 27.2 Å². The van der Waals surface area contributed by atoms with E-state index in [1.165, 1.54) is 24.6 Å². The van der Waals surface area contributed by atoms with Crippen LogP contribution in [0.2, 0.25) is 10.0 Å². The van der Waals surface area contributed by atoms with Crippen LogP contribution in [0.4, 0.5) is 17.6 Å². The van der Waals surface area contributed by atoms with Crippen LogP contribution in [0.3, 0.4) is 0 Å². The van der Waals surface area contributed by atoms with Crippen molar-refractivity contribution in [3.8, 4) is 5.75 Å². The van der Waals surface area contributed by atoms with Gasteiger partial charge < -0.3 is 25.2 Å². The maximum Gasteiger partial charge on any atom is 0.573 e. The number of ether oxygens (including phenoxy) is 1. The van der Waals surface area contributed by atoms with Gasteiger partial charge in [-0.3, -0.25) is 9.59 Å². The summed E-state index contributed by atoms with van der Waals surface area (Å²) in [5, 5.41) is 7.22. The lowest BCUT2D eigenvalue weighted by Crippen LogP contribution is -2.50.